The Kier molecular flexibility index (Phi) is 3.54. The fourth-order valence-corrected chi connectivity index (χ4v) is 7.68. The van der Waals surface area contributed by atoms with Gasteiger partial charge >= 0.3 is 0 Å². The van der Waals surface area contributed by atoms with E-state index < -0.39 is 13.5 Å². The molecule has 1 aromatic rings. The van der Waals surface area contributed by atoms with Gasteiger partial charge in [-0.3, -0.25) is 4.79 Å². The zero-order valence-electron chi connectivity index (χ0n) is 14.8. The lowest BCUT2D eigenvalue weighted by molar-refractivity contribution is -0.127. The van der Waals surface area contributed by atoms with Crippen LogP contribution < -0.4 is 9.64 Å². The molecule has 2 heterocycles. The van der Waals surface area contributed by atoms with Gasteiger partial charge in [0.15, 0.2) is 0 Å². The summed E-state index contributed by atoms with van der Waals surface area (Å²) in [7, 11) is 3.65. The first-order valence-corrected chi connectivity index (χ1v) is 11.6. The van der Waals surface area contributed by atoms with Gasteiger partial charge in [-0.25, -0.2) is 0 Å². The highest BCUT2D eigenvalue weighted by atomic mass is 28.3. The Bertz CT molecular complexity index is 658. The minimum atomic E-state index is -1.85. The highest BCUT2D eigenvalue weighted by Gasteiger charge is 2.67. The summed E-state index contributed by atoms with van der Waals surface area (Å²) in [4.78, 5) is 17.0. The molecular formula is C17H26N2O3Si. The summed E-state index contributed by atoms with van der Waals surface area (Å²) in [5.41, 5.74) is 1.39. The van der Waals surface area contributed by atoms with Crippen molar-refractivity contribution in [2.45, 2.75) is 36.8 Å². The second-order valence-corrected chi connectivity index (χ2v) is 13.1. The number of nitrogens with zero attached hydrogens (tertiary/aromatic N) is 2. The van der Waals surface area contributed by atoms with E-state index in [1.807, 2.05) is 37.2 Å². The lowest BCUT2D eigenvalue weighted by atomic mass is 9.79. The highest BCUT2D eigenvalue weighted by molar-refractivity contribution is 6.81. The van der Waals surface area contributed by atoms with Crippen molar-refractivity contribution in [3.05, 3.63) is 23.8 Å². The second-order valence-electron chi connectivity index (χ2n) is 7.81. The first-order valence-electron chi connectivity index (χ1n) is 7.99. The minimum Gasteiger partial charge on any atom is -0.497 e. The number of aliphatic hydroxyl groups excluding tert-OH is 1. The Morgan fingerprint density at radius 3 is 2.43 bits per heavy atom. The molecule has 1 fully saturated rings. The zero-order chi connectivity index (χ0) is 17.2. The molecule has 3 atom stereocenters. The van der Waals surface area contributed by atoms with Crippen LogP contribution in [0.4, 0.5) is 5.69 Å². The molecule has 0 saturated carbocycles. The van der Waals surface area contributed by atoms with Gasteiger partial charge in [-0.15, -0.1) is 0 Å². The number of carbonyl (C=O) groups excluding carboxylic acids is 1. The van der Waals surface area contributed by atoms with Crippen LogP contribution >= 0.6 is 0 Å². The number of likely N-dealkylation sites (tertiary alicyclic amines) is 1. The molecule has 1 aromatic carbocycles. The number of hydrogen-bond donors (Lipinski definition) is 1. The third-order valence-electron chi connectivity index (χ3n) is 5.52. The summed E-state index contributed by atoms with van der Waals surface area (Å²) >= 11 is 0. The molecule has 2 aliphatic rings. The van der Waals surface area contributed by atoms with E-state index in [1.165, 1.54) is 0 Å². The number of carbonyl (C=O) groups is 1. The molecule has 2 aliphatic heterocycles. The van der Waals surface area contributed by atoms with Crippen molar-refractivity contribution < 1.29 is 14.6 Å². The van der Waals surface area contributed by atoms with Crippen molar-refractivity contribution in [2.24, 2.45) is 0 Å². The highest BCUT2D eigenvalue weighted by Crippen LogP contribution is 2.59. The maximum absolute atomic E-state index is 13.0. The molecule has 1 N–H and O–H groups in total. The van der Waals surface area contributed by atoms with Crippen molar-refractivity contribution >= 4 is 19.7 Å². The van der Waals surface area contributed by atoms with Crippen LogP contribution in [0.15, 0.2) is 18.2 Å². The molecular weight excluding hydrogens is 308 g/mol. The smallest absolute Gasteiger partial charge is 0.225 e. The number of amides is 1. The number of benzene rings is 1. The molecule has 1 amide bonds. The number of fused-ring (bicyclic) bond motifs is 3. The number of rotatable bonds is 3. The molecule has 0 aromatic heterocycles. The molecule has 0 aliphatic carbocycles. The largest absolute Gasteiger partial charge is 0.497 e. The fourth-order valence-electron chi connectivity index (χ4n) is 4.79. The van der Waals surface area contributed by atoms with Crippen LogP contribution in [0, 0.1) is 0 Å². The summed E-state index contributed by atoms with van der Waals surface area (Å²) in [6, 6.07) is 5.97. The van der Waals surface area contributed by atoms with Gasteiger partial charge in [0.2, 0.25) is 5.91 Å². The standard InChI is InChI=1S/C17H26N2O3Si/c1-18-13-8-7-11(22-3)9-12(13)17(10-20)14(23(4,5)6)15(21)19(2)16(17)18/h7-9,14,16,20H,10H2,1-6H3/t14-,16-,17+/m0/s1. The quantitative estimate of drug-likeness (QED) is 0.858. The van der Waals surface area contributed by atoms with Crippen molar-refractivity contribution in [2.75, 3.05) is 32.7 Å². The second kappa shape index (κ2) is 4.98. The number of likely N-dealkylation sites (N-methyl/N-ethyl adjacent to an activating group) is 2. The third-order valence-corrected chi connectivity index (χ3v) is 8.01. The van der Waals surface area contributed by atoms with Crippen LogP contribution in [0.5, 0.6) is 5.75 Å². The molecule has 0 bridgehead atoms. The number of hydrogen-bond acceptors (Lipinski definition) is 4. The zero-order valence-corrected chi connectivity index (χ0v) is 15.8. The van der Waals surface area contributed by atoms with Gasteiger partial charge in [-0.1, -0.05) is 19.6 Å². The van der Waals surface area contributed by atoms with E-state index in [1.54, 1.807) is 7.11 Å². The van der Waals surface area contributed by atoms with Gasteiger partial charge in [0, 0.05) is 25.3 Å². The number of ether oxygens (including phenoxy) is 1. The third kappa shape index (κ3) is 1.91. The maximum Gasteiger partial charge on any atom is 0.225 e. The summed E-state index contributed by atoms with van der Waals surface area (Å²) in [6.45, 7) is 6.59. The van der Waals surface area contributed by atoms with Crippen LogP contribution in [0.2, 0.25) is 25.2 Å². The van der Waals surface area contributed by atoms with Gasteiger partial charge in [0.25, 0.3) is 0 Å². The molecule has 6 heteroatoms. The average molecular weight is 334 g/mol. The normalized spacial score (nSPS) is 29.8. The summed E-state index contributed by atoms with van der Waals surface area (Å²) in [6.07, 6.45) is -0.140. The van der Waals surface area contributed by atoms with Gasteiger partial charge in [-0.05, 0) is 23.8 Å². The summed E-state index contributed by atoms with van der Waals surface area (Å²) in [5.74, 6) is 0.922. The molecule has 0 spiro atoms. The van der Waals surface area contributed by atoms with E-state index in [2.05, 4.69) is 24.5 Å². The Labute approximate surface area is 138 Å². The van der Waals surface area contributed by atoms with E-state index >= 15 is 0 Å². The van der Waals surface area contributed by atoms with E-state index in [4.69, 9.17) is 4.74 Å². The van der Waals surface area contributed by atoms with E-state index in [9.17, 15) is 9.90 Å². The monoisotopic (exact) mass is 334 g/mol. The van der Waals surface area contributed by atoms with Crippen molar-refractivity contribution in [3.8, 4) is 5.75 Å². The van der Waals surface area contributed by atoms with Crippen LogP contribution in [0.3, 0.4) is 0 Å². The SMILES string of the molecule is COc1ccc2c(c1)[C@@]1(CO)[C@H](N(C)C(=O)[C@@H]1[Si](C)(C)C)N2C. The maximum atomic E-state index is 13.0. The first kappa shape index (κ1) is 16.3. The number of methoxy groups -OCH3 is 1. The Balaban J connectivity index is 2.31. The topological polar surface area (TPSA) is 53.0 Å². The lowest BCUT2D eigenvalue weighted by Gasteiger charge is -2.39. The fraction of sp³-hybridized carbons (Fsp3) is 0.588. The first-order chi connectivity index (χ1) is 10.7. The Morgan fingerprint density at radius 2 is 1.91 bits per heavy atom. The summed E-state index contributed by atoms with van der Waals surface area (Å²) < 4.78 is 5.40. The van der Waals surface area contributed by atoms with Gasteiger partial charge in [0.1, 0.15) is 11.9 Å². The lowest BCUT2D eigenvalue weighted by Crippen LogP contribution is -2.52. The van der Waals surface area contributed by atoms with Gasteiger partial charge < -0.3 is 19.6 Å². The van der Waals surface area contributed by atoms with E-state index in [0.29, 0.717) is 0 Å². The minimum absolute atomic E-state index is 0.0345. The summed E-state index contributed by atoms with van der Waals surface area (Å²) in [5, 5.41) is 10.5. The van der Waals surface area contributed by atoms with Gasteiger partial charge in [-0.2, -0.15) is 0 Å². The van der Waals surface area contributed by atoms with Crippen LogP contribution in [-0.2, 0) is 10.2 Å². The van der Waals surface area contributed by atoms with Crippen LogP contribution in [0.25, 0.3) is 0 Å². The molecule has 126 valence electrons. The molecule has 0 unspecified atom stereocenters. The number of aliphatic hydroxyl groups is 1. The molecule has 0 radical (unpaired) electrons. The van der Waals surface area contributed by atoms with Crippen molar-refractivity contribution in [1.29, 1.82) is 0 Å². The molecule has 23 heavy (non-hydrogen) atoms. The predicted octanol–water partition coefficient (Wildman–Crippen LogP) is 1.88. The van der Waals surface area contributed by atoms with E-state index in [0.717, 1.165) is 17.0 Å². The van der Waals surface area contributed by atoms with Crippen molar-refractivity contribution in [1.82, 2.24) is 4.90 Å². The van der Waals surface area contributed by atoms with Crippen LogP contribution in [0.1, 0.15) is 5.56 Å². The number of anilines is 1. The molecule has 3 rings (SSSR count). The Morgan fingerprint density at radius 1 is 1.26 bits per heavy atom. The predicted molar refractivity (Wildman–Crippen MR) is 93.8 cm³/mol. The Hall–Kier alpha value is -1.53. The average Bonchev–Trinajstić information content (AvgIpc) is 2.88. The van der Waals surface area contributed by atoms with Crippen molar-refractivity contribution in [3.63, 3.8) is 0 Å². The molecule has 5 nitrogen and oxygen atoms in total. The van der Waals surface area contributed by atoms with E-state index in [-0.39, 0.29) is 24.2 Å². The molecule has 1 saturated heterocycles. The van der Waals surface area contributed by atoms with Gasteiger partial charge in [0.05, 0.1) is 27.2 Å². The van der Waals surface area contributed by atoms with Crippen LogP contribution in [-0.4, -0.2) is 58.0 Å².